The molecule has 0 aromatic heterocycles. The number of halogens is 4. The minimum atomic E-state index is -4.21. The van der Waals surface area contributed by atoms with Gasteiger partial charge in [0.25, 0.3) is 0 Å². The first-order chi connectivity index (χ1) is 9.72. The number of ether oxygens (including phenoxy) is 1. The van der Waals surface area contributed by atoms with Gasteiger partial charge in [0.15, 0.2) is 0 Å². The van der Waals surface area contributed by atoms with Gasteiger partial charge in [-0.15, -0.1) is 0 Å². The largest absolute Gasteiger partial charge is 0.399 e. The van der Waals surface area contributed by atoms with E-state index in [-0.39, 0.29) is 13.0 Å². The number of benzene rings is 1. The number of nitrogen functional groups attached to an aromatic ring is 1. The van der Waals surface area contributed by atoms with Crippen LogP contribution in [-0.4, -0.2) is 31.5 Å². The topological polar surface area (TPSA) is 64.3 Å². The summed E-state index contributed by atoms with van der Waals surface area (Å²) in [5, 5.41) is 2.54. The second-order valence-electron chi connectivity index (χ2n) is 4.49. The third-order valence-corrected chi connectivity index (χ3v) is 2.62. The van der Waals surface area contributed by atoms with Crippen LogP contribution in [0.4, 0.5) is 28.9 Å². The van der Waals surface area contributed by atoms with E-state index in [1.807, 2.05) is 0 Å². The highest BCUT2D eigenvalue weighted by molar-refractivity contribution is 5.92. The average Bonchev–Trinajstić information content (AvgIpc) is 2.39. The second kappa shape index (κ2) is 7.26. The summed E-state index contributed by atoms with van der Waals surface area (Å²) in [6.45, 7) is -0.0422. The number of carbonyl (C=O) groups excluding carboxylic acids is 1. The fourth-order valence-corrected chi connectivity index (χ4v) is 1.42. The monoisotopic (exact) mass is 308 g/mol. The Kier molecular flexibility index (Phi) is 5.95. The van der Waals surface area contributed by atoms with E-state index >= 15 is 0 Å². The van der Waals surface area contributed by atoms with Gasteiger partial charge < -0.3 is 15.8 Å². The number of nitrogens with two attached hydrogens (primary N) is 1. The van der Waals surface area contributed by atoms with Gasteiger partial charge in [0.2, 0.25) is 5.91 Å². The Balaban J connectivity index is 2.37. The van der Waals surface area contributed by atoms with Crippen LogP contribution in [0.1, 0.15) is 12.0 Å². The standard InChI is InChI=1S/C13H16F4N2O2/c1-8-2-3-9(18)6-10(8)19-11(20)4-5-21-7-13(16,17)12(14)15/h2-3,6,12H,4-5,7,18H2,1H3,(H,19,20). The maximum absolute atomic E-state index is 12.5. The quantitative estimate of drug-likeness (QED) is 0.462. The lowest BCUT2D eigenvalue weighted by Crippen LogP contribution is -2.32. The molecule has 118 valence electrons. The van der Waals surface area contributed by atoms with Gasteiger partial charge >= 0.3 is 12.3 Å². The van der Waals surface area contributed by atoms with Crippen LogP contribution in [0.5, 0.6) is 0 Å². The number of amides is 1. The molecule has 0 radical (unpaired) electrons. The Hall–Kier alpha value is -1.83. The second-order valence-corrected chi connectivity index (χ2v) is 4.49. The summed E-state index contributed by atoms with van der Waals surface area (Å²) in [6, 6.07) is 4.93. The van der Waals surface area contributed by atoms with Gasteiger partial charge in [-0.1, -0.05) is 6.07 Å². The Bertz CT molecular complexity index is 495. The predicted molar refractivity (Wildman–Crippen MR) is 70.6 cm³/mol. The smallest absolute Gasteiger partial charge is 0.330 e. The number of alkyl halides is 4. The van der Waals surface area contributed by atoms with E-state index in [2.05, 4.69) is 10.1 Å². The highest BCUT2D eigenvalue weighted by atomic mass is 19.3. The lowest BCUT2D eigenvalue weighted by Gasteiger charge is -2.15. The van der Waals surface area contributed by atoms with Gasteiger partial charge in [-0.2, -0.15) is 8.78 Å². The lowest BCUT2D eigenvalue weighted by atomic mass is 10.2. The molecule has 8 heteroatoms. The molecule has 4 nitrogen and oxygen atoms in total. The number of carbonyl (C=O) groups is 1. The molecule has 0 unspecified atom stereocenters. The Morgan fingerprint density at radius 3 is 2.71 bits per heavy atom. The first-order valence-corrected chi connectivity index (χ1v) is 6.12. The molecule has 0 aliphatic carbocycles. The van der Waals surface area contributed by atoms with E-state index in [9.17, 15) is 22.4 Å². The molecule has 0 fully saturated rings. The molecule has 0 aliphatic heterocycles. The van der Waals surface area contributed by atoms with Crippen LogP contribution in [0.2, 0.25) is 0 Å². The van der Waals surface area contributed by atoms with Crippen molar-refractivity contribution in [2.75, 3.05) is 24.3 Å². The molecule has 1 amide bonds. The van der Waals surface area contributed by atoms with Crippen LogP contribution in [0.3, 0.4) is 0 Å². The van der Waals surface area contributed by atoms with Crippen molar-refractivity contribution >= 4 is 17.3 Å². The van der Waals surface area contributed by atoms with Gasteiger partial charge in [-0.3, -0.25) is 4.79 Å². The molecular formula is C13H16F4N2O2. The zero-order chi connectivity index (χ0) is 16.0. The number of anilines is 2. The van der Waals surface area contributed by atoms with Gasteiger partial charge in [0.05, 0.1) is 13.0 Å². The van der Waals surface area contributed by atoms with Crippen molar-refractivity contribution < 1.29 is 27.1 Å². The molecule has 1 aromatic carbocycles. The van der Waals surface area contributed by atoms with Crippen LogP contribution in [-0.2, 0) is 9.53 Å². The third-order valence-electron chi connectivity index (χ3n) is 2.62. The van der Waals surface area contributed by atoms with Crippen molar-refractivity contribution in [3.8, 4) is 0 Å². The van der Waals surface area contributed by atoms with Crippen LogP contribution in [0.15, 0.2) is 18.2 Å². The van der Waals surface area contributed by atoms with Crippen molar-refractivity contribution in [1.29, 1.82) is 0 Å². The highest BCUT2D eigenvalue weighted by Crippen LogP contribution is 2.23. The van der Waals surface area contributed by atoms with Crippen LogP contribution in [0.25, 0.3) is 0 Å². The average molecular weight is 308 g/mol. The summed E-state index contributed by atoms with van der Waals surface area (Å²) >= 11 is 0. The fraction of sp³-hybridized carbons (Fsp3) is 0.462. The van der Waals surface area contributed by atoms with Crippen molar-refractivity contribution in [1.82, 2.24) is 0 Å². The molecule has 0 atom stereocenters. The molecule has 0 bridgehead atoms. The molecule has 0 spiro atoms. The van der Waals surface area contributed by atoms with E-state index in [0.29, 0.717) is 11.4 Å². The van der Waals surface area contributed by atoms with Crippen molar-refractivity contribution in [3.63, 3.8) is 0 Å². The Labute approximate surface area is 119 Å². The number of rotatable bonds is 7. The number of hydrogen-bond acceptors (Lipinski definition) is 3. The maximum Gasteiger partial charge on any atom is 0.330 e. The molecule has 0 aliphatic rings. The first-order valence-electron chi connectivity index (χ1n) is 6.12. The van der Waals surface area contributed by atoms with Crippen LogP contribution >= 0.6 is 0 Å². The predicted octanol–water partition coefficient (Wildman–Crippen LogP) is 2.82. The Morgan fingerprint density at radius 2 is 2.10 bits per heavy atom. The first kappa shape index (κ1) is 17.2. The van der Waals surface area contributed by atoms with Crippen LogP contribution < -0.4 is 11.1 Å². The summed E-state index contributed by atoms with van der Waals surface area (Å²) in [5.74, 6) is -4.69. The summed E-state index contributed by atoms with van der Waals surface area (Å²) in [7, 11) is 0. The highest BCUT2D eigenvalue weighted by Gasteiger charge is 2.40. The SMILES string of the molecule is Cc1ccc(N)cc1NC(=O)CCOCC(F)(F)C(F)F. The summed E-state index contributed by atoms with van der Waals surface area (Å²) < 4.78 is 53.2. The van der Waals surface area contributed by atoms with Gasteiger partial charge in [-0.25, -0.2) is 8.78 Å². The van der Waals surface area contributed by atoms with Gasteiger partial charge in [-0.05, 0) is 24.6 Å². The summed E-state index contributed by atoms with van der Waals surface area (Å²) in [6.07, 6.45) is -4.02. The molecule has 3 N–H and O–H groups in total. The molecule has 1 aromatic rings. The minimum absolute atomic E-state index is 0.229. The zero-order valence-corrected chi connectivity index (χ0v) is 11.3. The number of aryl methyl sites for hydroxylation is 1. The normalized spacial score (nSPS) is 11.7. The fourth-order valence-electron chi connectivity index (χ4n) is 1.42. The van der Waals surface area contributed by atoms with E-state index in [1.54, 1.807) is 25.1 Å². The number of hydrogen-bond donors (Lipinski definition) is 2. The minimum Gasteiger partial charge on any atom is -0.399 e. The van der Waals surface area contributed by atoms with Gasteiger partial charge in [0, 0.05) is 11.4 Å². The summed E-state index contributed by atoms with van der Waals surface area (Å²) in [5.41, 5.74) is 7.31. The molecule has 21 heavy (non-hydrogen) atoms. The van der Waals surface area contributed by atoms with Gasteiger partial charge in [0.1, 0.15) is 6.61 Å². The molecular weight excluding hydrogens is 292 g/mol. The van der Waals surface area contributed by atoms with Crippen molar-refractivity contribution in [2.45, 2.75) is 25.7 Å². The molecule has 1 rings (SSSR count). The number of nitrogens with one attached hydrogen (secondary N) is 1. The van der Waals surface area contributed by atoms with E-state index in [4.69, 9.17) is 5.73 Å². The van der Waals surface area contributed by atoms with E-state index in [1.165, 1.54) is 0 Å². The van der Waals surface area contributed by atoms with Crippen LogP contribution in [0, 0.1) is 6.92 Å². The van der Waals surface area contributed by atoms with E-state index in [0.717, 1.165) is 5.56 Å². The van der Waals surface area contributed by atoms with Crippen molar-refractivity contribution in [3.05, 3.63) is 23.8 Å². The molecule has 0 saturated heterocycles. The molecule has 0 saturated carbocycles. The Morgan fingerprint density at radius 1 is 1.43 bits per heavy atom. The lowest BCUT2D eigenvalue weighted by molar-refractivity contribution is -0.166. The third kappa shape index (κ3) is 5.58. The van der Waals surface area contributed by atoms with Crippen molar-refractivity contribution in [2.24, 2.45) is 0 Å². The zero-order valence-electron chi connectivity index (χ0n) is 11.3. The van der Waals surface area contributed by atoms with E-state index < -0.39 is 24.9 Å². The maximum atomic E-state index is 12.5. The summed E-state index contributed by atoms with van der Waals surface area (Å²) in [4.78, 5) is 11.6. The molecule has 0 heterocycles.